The van der Waals surface area contributed by atoms with Crippen molar-refractivity contribution >= 4 is 17.5 Å². The number of hydrogen-bond donors (Lipinski definition) is 1. The lowest BCUT2D eigenvalue weighted by Crippen LogP contribution is -2.44. The minimum Gasteiger partial charge on any atom is -0.496 e. The van der Waals surface area contributed by atoms with Gasteiger partial charge in [0.15, 0.2) is 11.5 Å². The number of likely N-dealkylation sites (tertiary alicyclic amines) is 1. The van der Waals surface area contributed by atoms with Crippen LogP contribution in [0, 0.1) is 0 Å². The predicted molar refractivity (Wildman–Crippen MR) is 138 cm³/mol. The number of nitrogens with zero attached hydrogens (tertiary/aromatic N) is 1. The monoisotopic (exact) mass is 494 g/mol. The fourth-order valence-corrected chi connectivity index (χ4v) is 4.47. The molecule has 0 radical (unpaired) electrons. The number of hydrogen-bond acceptors (Lipinski definition) is 5. The van der Waals surface area contributed by atoms with Crippen LogP contribution in [0.4, 0.5) is 0 Å². The summed E-state index contributed by atoms with van der Waals surface area (Å²) in [4.78, 5) is 15.3. The van der Waals surface area contributed by atoms with Crippen LogP contribution < -0.4 is 19.5 Å². The number of benzene rings is 3. The molecule has 35 heavy (non-hydrogen) atoms. The topological polar surface area (TPSA) is 60.0 Å². The van der Waals surface area contributed by atoms with Crippen LogP contribution in [-0.2, 0) is 13.2 Å². The number of rotatable bonds is 9. The van der Waals surface area contributed by atoms with Gasteiger partial charge in [-0.1, -0.05) is 48.0 Å². The van der Waals surface area contributed by atoms with Gasteiger partial charge in [0.1, 0.15) is 12.4 Å². The Labute approximate surface area is 211 Å². The molecule has 1 N–H and O–H groups in total. The molecular weight excluding hydrogens is 464 g/mol. The van der Waals surface area contributed by atoms with Gasteiger partial charge in [-0.3, -0.25) is 9.69 Å². The molecule has 3 aromatic carbocycles. The van der Waals surface area contributed by atoms with E-state index in [0.29, 0.717) is 28.7 Å². The summed E-state index contributed by atoms with van der Waals surface area (Å²) in [5, 5.41) is 3.82. The largest absolute Gasteiger partial charge is 0.496 e. The Balaban J connectivity index is 1.30. The Morgan fingerprint density at radius 1 is 0.914 bits per heavy atom. The molecule has 1 saturated heterocycles. The van der Waals surface area contributed by atoms with E-state index in [-0.39, 0.29) is 11.9 Å². The molecule has 1 heterocycles. The fourth-order valence-electron chi connectivity index (χ4n) is 4.28. The highest BCUT2D eigenvalue weighted by molar-refractivity contribution is 6.31. The van der Waals surface area contributed by atoms with Gasteiger partial charge in [0, 0.05) is 47.4 Å². The van der Waals surface area contributed by atoms with E-state index < -0.39 is 0 Å². The summed E-state index contributed by atoms with van der Waals surface area (Å²) in [6, 6.07) is 21.0. The second-order valence-corrected chi connectivity index (χ2v) is 8.99. The minimum atomic E-state index is -0.107. The molecule has 0 aromatic heterocycles. The zero-order valence-electron chi connectivity index (χ0n) is 20.1. The zero-order chi connectivity index (χ0) is 24.6. The standard InChI is InChI=1S/C28H31ClN2O4/c1-33-25-10-6-4-7-21(25)18-31-15-13-23(14-16-31)30-28(32)20-11-12-26(27(17-20)34-2)35-19-22-8-3-5-9-24(22)29/h3-12,17,23H,13-16,18-19H2,1-2H3,(H,30,32). The van der Waals surface area contributed by atoms with E-state index in [1.165, 1.54) is 5.56 Å². The lowest BCUT2D eigenvalue weighted by Gasteiger charge is -2.32. The molecule has 0 atom stereocenters. The number of methoxy groups -OCH3 is 2. The molecule has 184 valence electrons. The normalized spacial score (nSPS) is 14.4. The number of amides is 1. The molecule has 0 bridgehead atoms. The van der Waals surface area contributed by atoms with Gasteiger partial charge in [0.2, 0.25) is 0 Å². The molecule has 1 aliphatic heterocycles. The summed E-state index contributed by atoms with van der Waals surface area (Å²) in [7, 11) is 3.27. The predicted octanol–water partition coefficient (Wildman–Crippen LogP) is 5.33. The Morgan fingerprint density at radius 2 is 1.60 bits per heavy atom. The van der Waals surface area contributed by atoms with E-state index in [2.05, 4.69) is 16.3 Å². The molecule has 1 aliphatic rings. The molecule has 0 aliphatic carbocycles. The van der Waals surface area contributed by atoms with Gasteiger partial charge in [-0.15, -0.1) is 0 Å². The number of halogens is 1. The number of carbonyl (C=O) groups is 1. The minimum absolute atomic E-state index is 0.107. The lowest BCUT2D eigenvalue weighted by atomic mass is 10.0. The maximum absolute atomic E-state index is 12.9. The van der Waals surface area contributed by atoms with Crippen LogP contribution >= 0.6 is 11.6 Å². The first-order chi connectivity index (χ1) is 17.1. The summed E-state index contributed by atoms with van der Waals surface area (Å²) in [5.41, 5.74) is 2.61. The van der Waals surface area contributed by atoms with Crippen LogP contribution in [0.5, 0.6) is 17.2 Å². The van der Waals surface area contributed by atoms with Gasteiger partial charge in [-0.2, -0.15) is 0 Å². The molecule has 0 saturated carbocycles. The number of para-hydroxylation sites is 1. The average Bonchev–Trinajstić information content (AvgIpc) is 2.89. The molecule has 3 aromatic rings. The summed E-state index contributed by atoms with van der Waals surface area (Å²) in [5.74, 6) is 1.88. The van der Waals surface area contributed by atoms with Crippen molar-refractivity contribution in [1.82, 2.24) is 10.2 Å². The number of carbonyl (C=O) groups excluding carboxylic acids is 1. The van der Waals surface area contributed by atoms with E-state index in [0.717, 1.165) is 43.8 Å². The Kier molecular flexibility index (Phi) is 8.50. The molecule has 4 rings (SSSR count). The van der Waals surface area contributed by atoms with Crippen molar-refractivity contribution < 1.29 is 19.0 Å². The first-order valence-corrected chi connectivity index (χ1v) is 12.1. The third-order valence-corrected chi connectivity index (χ3v) is 6.64. The molecule has 0 unspecified atom stereocenters. The quantitative estimate of drug-likeness (QED) is 0.435. The van der Waals surface area contributed by atoms with Crippen molar-refractivity contribution in [1.29, 1.82) is 0 Å². The van der Waals surface area contributed by atoms with Crippen LogP contribution in [0.2, 0.25) is 5.02 Å². The number of piperidine rings is 1. The van der Waals surface area contributed by atoms with Gasteiger partial charge < -0.3 is 19.5 Å². The molecule has 1 amide bonds. The Bertz CT molecular complexity index is 1150. The van der Waals surface area contributed by atoms with Crippen LogP contribution in [0.15, 0.2) is 66.7 Å². The molecule has 6 nitrogen and oxygen atoms in total. The SMILES string of the molecule is COc1ccccc1CN1CCC(NC(=O)c2ccc(OCc3ccccc3Cl)c(OC)c2)CC1. The van der Waals surface area contributed by atoms with Crippen molar-refractivity contribution in [3.05, 3.63) is 88.4 Å². The maximum atomic E-state index is 12.9. The van der Waals surface area contributed by atoms with Crippen molar-refractivity contribution in [2.75, 3.05) is 27.3 Å². The van der Waals surface area contributed by atoms with Crippen LogP contribution in [0.1, 0.15) is 34.3 Å². The average molecular weight is 495 g/mol. The zero-order valence-corrected chi connectivity index (χ0v) is 20.9. The first kappa shape index (κ1) is 24.9. The van der Waals surface area contributed by atoms with E-state index in [4.69, 9.17) is 25.8 Å². The number of ether oxygens (including phenoxy) is 3. The first-order valence-electron chi connectivity index (χ1n) is 11.8. The summed E-state index contributed by atoms with van der Waals surface area (Å²) in [6.07, 6.45) is 1.80. The second kappa shape index (κ2) is 12.0. The van der Waals surface area contributed by atoms with Crippen LogP contribution in [0.25, 0.3) is 0 Å². The van der Waals surface area contributed by atoms with Gasteiger partial charge in [0.05, 0.1) is 14.2 Å². The van der Waals surface area contributed by atoms with E-state index in [1.807, 2.05) is 42.5 Å². The molecular formula is C28H31ClN2O4. The van der Waals surface area contributed by atoms with Crippen molar-refractivity contribution in [2.24, 2.45) is 0 Å². The highest BCUT2D eigenvalue weighted by atomic mass is 35.5. The fraction of sp³-hybridized carbons (Fsp3) is 0.321. The summed E-state index contributed by atoms with van der Waals surface area (Å²) >= 11 is 6.21. The van der Waals surface area contributed by atoms with Crippen LogP contribution in [-0.4, -0.2) is 44.2 Å². The molecule has 1 fully saturated rings. The van der Waals surface area contributed by atoms with Crippen LogP contribution in [0.3, 0.4) is 0 Å². The number of nitrogens with one attached hydrogen (secondary N) is 1. The van der Waals surface area contributed by atoms with Gasteiger partial charge in [-0.05, 0) is 43.2 Å². The Hall–Kier alpha value is -3.22. The van der Waals surface area contributed by atoms with Crippen molar-refractivity contribution in [2.45, 2.75) is 32.0 Å². The van der Waals surface area contributed by atoms with Crippen molar-refractivity contribution in [3.8, 4) is 17.2 Å². The maximum Gasteiger partial charge on any atom is 0.251 e. The van der Waals surface area contributed by atoms with Gasteiger partial charge in [0.25, 0.3) is 5.91 Å². The van der Waals surface area contributed by atoms with Gasteiger partial charge in [-0.25, -0.2) is 0 Å². The lowest BCUT2D eigenvalue weighted by molar-refractivity contribution is 0.0908. The van der Waals surface area contributed by atoms with E-state index in [9.17, 15) is 4.79 Å². The second-order valence-electron chi connectivity index (χ2n) is 8.58. The summed E-state index contributed by atoms with van der Waals surface area (Å²) in [6.45, 7) is 2.99. The summed E-state index contributed by atoms with van der Waals surface area (Å²) < 4.78 is 16.9. The van der Waals surface area contributed by atoms with Crippen molar-refractivity contribution in [3.63, 3.8) is 0 Å². The van der Waals surface area contributed by atoms with Gasteiger partial charge >= 0.3 is 0 Å². The smallest absolute Gasteiger partial charge is 0.251 e. The van der Waals surface area contributed by atoms with E-state index in [1.54, 1.807) is 32.4 Å². The molecule has 0 spiro atoms. The third-order valence-electron chi connectivity index (χ3n) is 6.28. The highest BCUT2D eigenvalue weighted by Gasteiger charge is 2.22. The molecule has 7 heteroatoms. The Morgan fingerprint density at radius 3 is 2.31 bits per heavy atom. The third kappa shape index (κ3) is 6.47. The highest BCUT2D eigenvalue weighted by Crippen LogP contribution is 2.30. The van der Waals surface area contributed by atoms with E-state index >= 15 is 0 Å².